The molecule has 1 amide bonds. The minimum atomic E-state index is -0.350. The molecule has 102 valence electrons. The van der Waals surface area contributed by atoms with Crippen LogP contribution in [0, 0.1) is 5.82 Å². The van der Waals surface area contributed by atoms with Crippen molar-refractivity contribution in [1.29, 1.82) is 0 Å². The summed E-state index contributed by atoms with van der Waals surface area (Å²) in [5.41, 5.74) is 5.39. The van der Waals surface area contributed by atoms with E-state index in [0.717, 1.165) is 30.5 Å². The molecule has 0 saturated carbocycles. The van der Waals surface area contributed by atoms with Crippen molar-refractivity contribution in [1.82, 2.24) is 15.6 Å². The molecule has 3 rings (SSSR count). The predicted octanol–water partition coefficient (Wildman–Crippen LogP) is 1.80. The van der Waals surface area contributed by atoms with E-state index in [4.69, 9.17) is 0 Å². The number of nitrogens with one attached hydrogen (secondary N) is 2. The lowest BCUT2D eigenvalue weighted by atomic mass is 10.2. The summed E-state index contributed by atoms with van der Waals surface area (Å²) in [6.07, 6.45) is 4.23. The van der Waals surface area contributed by atoms with E-state index < -0.39 is 0 Å². The van der Waals surface area contributed by atoms with Crippen LogP contribution < -0.4 is 5.43 Å². The Balaban J connectivity index is 1.67. The van der Waals surface area contributed by atoms with Gasteiger partial charge in [-0.2, -0.15) is 10.2 Å². The number of nitrogens with zero attached hydrogens (tertiary/aromatic N) is 2. The number of aryl methyl sites for hydroxylation is 1. The fraction of sp³-hybridized carbons (Fsp3) is 0.214. The Bertz CT molecular complexity index is 678. The van der Waals surface area contributed by atoms with Gasteiger partial charge in [-0.05, 0) is 37.0 Å². The summed E-state index contributed by atoms with van der Waals surface area (Å²) in [5.74, 6) is -0.692. The lowest BCUT2D eigenvalue weighted by molar-refractivity contribution is 0.0949. The van der Waals surface area contributed by atoms with Gasteiger partial charge in [0.1, 0.15) is 5.82 Å². The Morgan fingerprint density at radius 2 is 2.35 bits per heavy atom. The number of carbonyl (C=O) groups excluding carboxylic acids is 1. The Morgan fingerprint density at radius 1 is 1.45 bits per heavy atom. The number of hydrazone groups is 1. The van der Waals surface area contributed by atoms with Crippen molar-refractivity contribution in [2.75, 3.05) is 0 Å². The second-order valence-electron chi connectivity index (χ2n) is 4.64. The first-order valence-electron chi connectivity index (χ1n) is 6.39. The number of hydrogen-bond acceptors (Lipinski definition) is 3. The number of aromatic nitrogens is 2. The highest BCUT2D eigenvalue weighted by atomic mass is 19.1. The summed E-state index contributed by atoms with van der Waals surface area (Å²) in [4.78, 5) is 11.9. The fourth-order valence-electron chi connectivity index (χ4n) is 2.31. The minimum Gasteiger partial charge on any atom is -0.281 e. The predicted molar refractivity (Wildman–Crippen MR) is 72.1 cm³/mol. The van der Waals surface area contributed by atoms with Crippen LogP contribution in [0.3, 0.4) is 0 Å². The lowest BCUT2D eigenvalue weighted by Crippen LogP contribution is -2.19. The van der Waals surface area contributed by atoms with Gasteiger partial charge >= 0.3 is 0 Å². The molecule has 0 unspecified atom stereocenters. The monoisotopic (exact) mass is 272 g/mol. The maximum absolute atomic E-state index is 13.0. The Hall–Kier alpha value is -2.50. The molecule has 2 N–H and O–H groups in total. The number of rotatable bonds is 3. The summed E-state index contributed by atoms with van der Waals surface area (Å²) >= 11 is 0. The van der Waals surface area contributed by atoms with Crippen molar-refractivity contribution in [3.05, 3.63) is 52.6 Å². The summed E-state index contributed by atoms with van der Waals surface area (Å²) in [6, 6.07) is 5.97. The molecule has 0 aliphatic heterocycles. The molecule has 5 nitrogen and oxygen atoms in total. The van der Waals surface area contributed by atoms with Gasteiger partial charge in [0, 0.05) is 11.3 Å². The largest absolute Gasteiger partial charge is 0.292 e. The molecule has 0 saturated heterocycles. The third-order valence-corrected chi connectivity index (χ3v) is 3.25. The number of benzene rings is 1. The van der Waals surface area contributed by atoms with Crippen LogP contribution in [0.5, 0.6) is 0 Å². The van der Waals surface area contributed by atoms with Crippen LogP contribution in [-0.4, -0.2) is 22.3 Å². The number of H-pyrrole nitrogens is 1. The average molecular weight is 272 g/mol. The molecule has 1 aliphatic rings. The summed E-state index contributed by atoms with van der Waals surface area (Å²) < 4.78 is 13.0. The average Bonchev–Trinajstić information content (AvgIpc) is 3.00. The minimum absolute atomic E-state index is 0.342. The van der Waals surface area contributed by atoms with E-state index in [-0.39, 0.29) is 11.7 Å². The van der Waals surface area contributed by atoms with Gasteiger partial charge in [-0.15, -0.1) is 0 Å². The van der Waals surface area contributed by atoms with Crippen molar-refractivity contribution in [2.45, 2.75) is 19.3 Å². The van der Waals surface area contributed by atoms with Crippen molar-refractivity contribution in [2.24, 2.45) is 5.10 Å². The molecule has 20 heavy (non-hydrogen) atoms. The van der Waals surface area contributed by atoms with Crippen LogP contribution in [0.2, 0.25) is 0 Å². The highest BCUT2D eigenvalue weighted by Gasteiger charge is 2.22. The molecular formula is C14H13FN4O. The topological polar surface area (TPSA) is 70.1 Å². The van der Waals surface area contributed by atoms with E-state index in [0.29, 0.717) is 11.3 Å². The third kappa shape index (κ3) is 2.45. The zero-order valence-corrected chi connectivity index (χ0v) is 10.7. The molecule has 6 heteroatoms. The van der Waals surface area contributed by atoms with Crippen LogP contribution in [0.25, 0.3) is 0 Å². The zero-order valence-electron chi connectivity index (χ0n) is 10.7. The van der Waals surface area contributed by atoms with E-state index in [1.807, 2.05) is 0 Å². The van der Waals surface area contributed by atoms with Gasteiger partial charge in [0.15, 0.2) is 5.69 Å². The summed E-state index contributed by atoms with van der Waals surface area (Å²) in [6.45, 7) is 0. The molecule has 0 radical (unpaired) electrons. The van der Waals surface area contributed by atoms with Gasteiger partial charge in [-0.25, -0.2) is 9.82 Å². The number of hydrogen-bond donors (Lipinski definition) is 2. The van der Waals surface area contributed by atoms with Crippen molar-refractivity contribution in [3.8, 4) is 0 Å². The van der Waals surface area contributed by atoms with Crippen LogP contribution in [0.15, 0.2) is 29.4 Å². The number of aromatic amines is 1. The highest BCUT2D eigenvalue weighted by Crippen LogP contribution is 2.22. The molecule has 1 aromatic carbocycles. The van der Waals surface area contributed by atoms with E-state index in [2.05, 4.69) is 20.7 Å². The van der Waals surface area contributed by atoms with E-state index in [1.165, 1.54) is 18.3 Å². The SMILES string of the molecule is O=C(NN=Cc1cccc(F)c1)c1n[nH]c2c1CCC2. The Morgan fingerprint density at radius 3 is 3.20 bits per heavy atom. The highest BCUT2D eigenvalue weighted by molar-refractivity contribution is 5.94. The number of fused-ring (bicyclic) bond motifs is 1. The third-order valence-electron chi connectivity index (χ3n) is 3.25. The first-order chi connectivity index (χ1) is 9.74. The molecule has 0 spiro atoms. The van der Waals surface area contributed by atoms with E-state index in [9.17, 15) is 9.18 Å². The van der Waals surface area contributed by atoms with Gasteiger partial charge in [0.05, 0.1) is 6.21 Å². The molecule has 0 fully saturated rings. The molecule has 1 heterocycles. The smallest absolute Gasteiger partial charge is 0.281 e. The molecule has 2 aromatic rings. The zero-order chi connectivity index (χ0) is 13.9. The van der Waals surface area contributed by atoms with Crippen LogP contribution in [0.1, 0.15) is 33.7 Å². The number of halogens is 1. The van der Waals surface area contributed by atoms with E-state index >= 15 is 0 Å². The first-order valence-corrected chi connectivity index (χ1v) is 6.39. The van der Waals surface area contributed by atoms with Crippen molar-refractivity contribution < 1.29 is 9.18 Å². The number of carbonyl (C=O) groups is 1. The molecule has 0 bridgehead atoms. The second-order valence-corrected chi connectivity index (χ2v) is 4.64. The normalized spacial score (nSPS) is 13.7. The second kappa shape index (κ2) is 5.24. The van der Waals surface area contributed by atoms with Gasteiger partial charge < -0.3 is 0 Å². The van der Waals surface area contributed by atoms with E-state index in [1.54, 1.807) is 12.1 Å². The maximum atomic E-state index is 13.0. The Labute approximate surface area is 114 Å². The van der Waals surface area contributed by atoms with Crippen LogP contribution >= 0.6 is 0 Å². The van der Waals surface area contributed by atoms with Crippen molar-refractivity contribution >= 4 is 12.1 Å². The quantitative estimate of drug-likeness (QED) is 0.660. The fourth-order valence-corrected chi connectivity index (χ4v) is 2.31. The van der Waals surface area contributed by atoms with Gasteiger partial charge in [-0.3, -0.25) is 9.89 Å². The first kappa shape index (κ1) is 12.5. The van der Waals surface area contributed by atoms with Crippen LogP contribution in [0.4, 0.5) is 4.39 Å². The molecule has 0 atom stereocenters. The summed E-state index contributed by atoms with van der Waals surface area (Å²) in [5, 5.41) is 10.7. The van der Waals surface area contributed by atoms with Crippen molar-refractivity contribution in [3.63, 3.8) is 0 Å². The Kier molecular flexibility index (Phi) is 3.28. The number of amides is 1. The standard InChI is InChI=1S/C14H13FN4O/c15-10-4-1-3-9(7-10)8-16-19-14(20)13-11-5-2-6-12(11)17-18-13/h1,3-4,7-8H,2,5-6H2,(H,17,18)(H,19,20). The van der Waals surface area contributed by atoms with Crippen LogP contribution in [-0.2, 0) is 12.8 Å². The molecular weight excluding hydrogens is 259 g/mol. The van der Waals surface area contributed by atoms with Gasteiger partial charge in [-0.1, -0.05) is 12.1 Å². The maximum Gasteiger partial charge on any atom is 0.292 e. The molecule has 1 aromatic heterocycles. The van der Waals surface area contributed by atoms with Gasteiger partial charge in [0.25, 0.3) is 5.91 Å². The lowest BCUT2D eigenvalue weighted by Gasteiger charge is -1.98. The van der Waals surface area contributed by atoms with Gasteiger partial charge in [0.2, 0.25) is 0 Å². The summed E-state index contributed by atoms with van der Waals surface area (Å²) in [7, 11) is 0. The molecule has 1 aliphatic carbocycles.